The van der Waals surface area contributed by atoms with Crippen molar-refractivity contribution in [2.75, 3.05) is 11.3 Å². The van der Waals surface area contributed by atoms with Gasteiger partial charge in [0.15, 0.2) is 0 Å². The molecule has 0 aromatic heterocycles. The highest BCUT2D eigenvalue weighted by molar-refractivity contribution is 7.92. The number of nitro benzene ring substituents is 1. The highest BCUT2D eigenvalue weighted by atomic mass is 32.2. The Morgan fingerprint density at radius 2 is 1.59 bits per heavy atom. The lowest BCUT2D eigenvalue weighted by Crippen LogP contribution is -2.12. The molecule has 0 unspecified atom stereocenters. The first kappa shape index (κ1) is 20.7. The van der Waals surface area contributed by atoms with E-state index in [0.717, 1.165) is 25.0 Å². The van der Waals surface area contributed by atoms with Crippen LogP contribution in [0.5, 0.6) is 5.75 Å². The van der Waals surface area contributed by atoms with E-state index in [2.05, 4.69) is 11.6 Å². The van der Waals surface area contributed by atoms with Crippen molar-refractivity contribution in [2.45, 2.75) is 43.9 Å². The van der Waals surface area contributed by atoms with Gasteiger partial charge in [0, 0.05) is 17.8 Å². The monoisotopic (exact) mass is 392 g/mol. The normalized spacial score (nSPS) is 11.1. The molecule has 1 N–H and O–H groups in total. The molecule has 0 heterocycles. The number of nitrogens with zero attached hydrogens (tertiary/aromatic N) is 1. The number of sulfonamides is 1. The summed E-state index contributed by atoms with van der Waals surface area (Å²) in [5.41, 5.74) is 0.230. The van der Waals surface area contributed by atoms with Gasteiger partial charge in [-0.1, -0.05) is 32.6 Å². The van der Waals surface area contributed by atoms with Gasteiger partial charge in [-0.05, 0) is 42.8 Å². The van der Waals surface area contributed by atoms with Crippen LogP contribution in [0.15, 0.2) is 53.4 Å². The first-order valence-electron chi connectivity index (χ1n) is 8.92. The van der Waals surface area contributed by atoms with Crippen LogP contribution in [-0.2, 0) is 10.0 Å². The molecule has 0 spiro atoms. The van der Waals surface area contributed by atoms with Crippen LogP contribution in [0.3, 0.4) is 0 Å². The molecule has 0 saturated heterocycles. The minimum absolute atomic E-state index is 0.0412. The van der Waals surface area contributed by atoms with Gasteiger partial charge in [-0.25, -0.2) is 8.42 Å². The molecule has 8 heteroatoms. The fourth-order valence-electron chi connectivity index (χ4n) is 2.48. The van der Waals surface area contributed by atoms with E-state index in [1.165, 1.54) is 31.4 Å². The molecule has 2 aromatic rings. The molecule has 0 aliphatic rings. The van der Waals surface area contributed by atoms with Crippen molar-refractivity contribution in [1.29, 1.82) is 0 Å². The Hall–Kier alpha value is -2.61. The lowest BCUT2D eigenvalue weighted by molar-refractivity contribution is -0.384. The number of benzene rings is 2. The van der Waals surface area contributed by atoms with Gasteiger partial charge in [-0.15, -0.1) is 0 Å². The predicted molar refractivity (Wildman–Crippen MR) is 105 cm³/mol. The average molecular weight is 392 g/mol. The standard InChI is InChI=1S/C19H24N2O5S/c1-2-3-4-5-6-15-26-18-11-7-16(8-12-18)20-27(24,25)19-13-9-17(10-14-19)21(22)23/h7-14,20H,2-6,15H2,1H3. The Kier molecular flexibility index (Phi) is 7.60. The van der Waals surface area contributed by atoms with Gasteiger partial charge in [0.1, 0.15) is 5.75 Å². The van der Waals surface area contributed by atoms with E-state index in [-0.39, 0.29) is 10.6 Å². The van der Waals surface area contributed by atoms with Crippen LogP contribution in [-0.4, -0.2) is 19.9 Å². The summed E-state index contributed by atoms with van der Waals surface area (Å²) in [5.74, 6) is 0.684. The average Bonchev–Trinajstić information content (AvgIpc) is 2.65. The molecule has 0 bridgehead atoms. The molecule has 0 fully saturated rings. The molecule has 0 atom stereocenters. The molecule has 0 aliphatic carbocycles. The van der Waals surface area contributed by atoms with E-state index in [0.29, 0.717) is 18.0 Å². The first-order chi connectivity index (χ1) is 12.9. The Bertz CT molecular complexity index is 833. The lowest BCUT2D eigenvalue weighted by Gasteiger charge is -2.10. The van der Waals surface area contributed by atoms with Crippen LogP contribution in [0, 0.1) is 10.1 Å². The van der Waals surface area contributed by atoms with Gasteiger partial charge in [0.2, 0.25) is 0 Å². The quantitative estimate of drug-likeness (QED) is 0.338. The van der Waals surface area contributed by atoms with E-state index in [1.54, 1.807) is 24.3 Å². The van der Waals surface area contributed by atoms with Crippen molar-refractivity contribution in [1.82, 2.24) is 0 Å². The van der Waals surface area contributed by atoms with Crippen molar-refractivity contribution in [3.8, 4) is 5.75 Å². The summed E-state index contributed by atoms with van der Waals surface area (Å²) in [6.07, 6.45) is 5.79. The minimum Gasteiger partial charge on any atom is -0.494 e. The maximum absolute atomic E-state index is 12.4. The Balaban J connectivity index is 1.90. The van der Waals surface area contributed by atoms with Crippen LogP contribution in [0.4, 0.5) is 11.4 Å². The van der Waals surface area contributed by atoms with Crippen molar-refractivity contribution < 1.29 is 18.1 Å². The zero-order chi connectivity index (χ0) is 19.7. The van der Waals surface area contributed by atoms with Gasteiger partial charge in [0.25, 0.3) is 15.7 Å². The number of anilines is 1. The Morgan fingerprint density at radius 1 is 0.963 bits per heavy atom. The topological polar surface area (TPSA) is 98.5 Å². The van der Waals surface area contributed by atoms with E-state index in [9.17, 15) is 18.5 Å². The summed E-state index contributed by atoms with van der Waals surface area (Å²) in [6.45, 7) is 2.81. The van der Waals surface area contributed by atoms with Gasteiger partial charge in [-0.2, -0.15) is 0 Å². The third-order valence-corrected chi connectivity index (χ3v) is 5.38. The predicted octanol–water partition coefficient (Wildman–Crippen LogP) is 4.74. The lowest BCUT2D eigenvalue weighted by atomic mass is 10.2. The molecule has 146 valence electrons. The zero-order valence-corrected chi connectivity index (χ0v) is 16.1. The van der Waals surface area contributed by atoms with Crippen LogP contribution in [0.25, 0.3) is 0 Å². The molecule has 0 radical (unpaired) electrons. The van der Waals surface area contributed by atoms with Crippen LogP contribution in [0.2, 0.25) is 0 Å². The number of ether oxygens (including phenoxy) is 1. The van der Waals surface area contributed by atoms with E-state index in [4.69, 9.17) is 4.74 Å². The largest absolute Gasteiger partial charge is 0.494 e. The maximum Gasteiger partial charge on any atom is 0.269 e. The molecule has 7 nitrogen and oxygen atoms in total. The van der Waals surface area contributed by atoms with E-state index in [1.807, 2.05) is 0 Å². The number of hydrogen-bond acceptors (Lipinski definition) is 5. The van der Waals surface area contributed by atoms with E-state index >= 15 is 0 Å². The van der Waals surface area contributed by atoms with Crippen molar-refractivity contribution in [3.05, 3.63) is 58.6 Å². The molecule has 0 amide bonds. The van der Waals surface area contributed by atoms with Crippen LogP contribution >= 0.6 is 0 Å². The summed E-state index contributed by atoms with van der Waals surface area (Å²) in [7, 11) is -3.81. The summed E-state index contributed by atoms with van der Waals surface area (Å²) in [4.78, 5) is 10.0. The molecule has 27 heavy (non-hydrogen) atoms. The zero-order valence-electron chi connectivity index (χ0n) is 15.3. The van der Waals surface area contributed by atoms with Crippen molar-refractivity contribution in [3.63, 3.8) is 0 Å². The SMILES string of the molecule is CCCCCCCOc1ccc(NS(=O)(=O)c2ccc([N+](=O)[O-])cc2)cc1. The molecular formula is C19H24N2O5S. The van der Waals surface area contributed by atoms with E-state index < -0.39 is 14.9 Å². The van der Waals surface area contributed by atoms with Gasteiger partial charge >= 0.3 is 0 Å². The highest BCUT2D eigenvalue weighted by Crippen LogP contribution is 2.21. The molecule has 0 aliphatic heterocycles. The number of rotatable bonds is 11. The second-order valence-electron chi connectivity index (χ2n) is 6.14. The second kappa shape index (κ2) is 9.91. The Labute approximate surface area is 159 Å². The molecule has 2 rings (SSSR count). The molecular weight excluding hydrogens is 368 g/mol. The third kappa shape index (κ3) is 6.56. The highest BCUT2D eigenvalue weighted by Gasteiger charge is 2.16. The number of nitro groups is 1. The van der Waals surface area contributed by atoms with Gasteiger partial charge < -0.3 is 4.74 Å². The molecule has 2 aromatic carbocycles. The van der Waals surface area contributed by atoms with Crippen molar-refractivity contribution >= 4 is 21.4 Å². The smallest absolute Gasteiger partial charge is 0.269 e. The summed E-state index contributed by atoms with van der Waals surface area (Å²) >= 11 is 0. The van der Waals surface area contributed by atoms with Gasteiger partial charge in [-0.3, -0.25) is 14.8 Å². The first-order valence-corrected chi connectivity index (χ1v) is 10.4. The summed E-state index contributed by atoms with van der Waals surface area (Å²) < 4.78 is 32.8. The number of unbranched alkanes of at least 4 members (excludes halogenated alkanes) is 4. The fourth-order valence-corrected chi connectivity index (χ4v) is 3.53. The number of non-ortho nitro benzene ring substituents is 1. The summed E-state index contributed by atoms with van der Waals surface area (Å²) in [5, 5.41) is 10.7. The fraction of sp³-hybridized carbons (Fsp3) is 0.368. The third-order valence-electron chi connectivity index (χ3n) is 3.98. The van der Waals surface area contributed by atoms with Crippen LogP contribution in [0.1, 0.15) is 39.0 Å². The molecule has 0 saturated carbocycles. The summed E-state index contributed by atoms with van der Waals surface area (Å²) in [6, 6.07) is 11.4. The Morgan fingerprint density at radius 3 is 2.19 bits per heavy atom. The number of hydrogen-bond donors (Lipinski definition) is 1. The van der Waals surface area contributed by atoms with Gasteiger partial charge in [0.05, 0.1) is 16.4 Å². The second-order valence-corrected chi connectivity index (χ2v) is 7.83. The maximum atomic E-state index is 12.4. The van der Waals surface area contributed by atoms with Crippen LogP contribution < -0.4 is 9.46 Å². The minimum atomic E-state index is -3.81. The number of nitrogens with one attached hydrogen (secondary N) is 1. The van der Waals surface area contributed by atoms with Crippen molar-refractivity contribution in [2.24, 2.45) is 0 Å².